The molecule has 0 aliphatic heterocycles. The molecule has 0 bridgehead atoms. The summed E-state index contributed by atoms with van der Waals surface area (Å²) >= 11 is 0. The topological polar surface area (TPSA) is 91.2 Å². The Morgan fingerprint density at radius 1 is 1.71 bits per heavy atom. The second-order valence-corrected chi connectivity index (χ2v) is 3.68. The summed E-state index contributed by atoms with van der Waals surface area (Å²) in [6.07, 6.45) is 4.67. The van der Waals surface area contributed by atoms with Crippen molar-refractivity contribution in [2.24, 2.45) is 0 Å². The average Bonchev–Trinajstić information content (AvgIpc) is 2.97. The fourth-order valence-corrected chi connectivity index (χ4v) is 1.45. The van der Waals surface area contributed by atoms with Crippen LogP contribution in [-0.4, -0.2) is 21.0 Å². The zero-order valence-electron chi connectivity index (χ0n) is 9.30. The van der Waals surface area contributed by atoms with Crippen molar-refractivity contribution in [3.8, 4) is 0 Å². The highest BCUT2D eigenvalue weighted by molar-refractivity contribution is 5.87. The van der Waals surface area contributed by atoms with Gasteiger partial charge in [0.25, 0.3) is 0 Å². The van der Waals surface area contributed by atoms with E-state index in [2.05, 4.69) is 15.3 Å². The molecule has 6 heteroatoms. The van der Waals surface area contributed by atoms with Gasteiger partial charge in [0.05, 0.1) is 18.2 Å². The molecule has 2 rings (SSSR count). The van der Waals surface area contributed by atoms with E-state index in [1.165, 1.54) is 12.3 Å². The maximum absolute atomic E-state index is 10.6. The summed E-state index contributed by atoms with van der Waals surface area (Å²) in [5.74, 6) is 0.426. The second-order valence-electron chi connectivity index (χ2n) is 3.68. The van der Waals surface area contributed by atoms with Crippen LogP contribution in [0.5, 0.6) is 0 Å². The van der Waals surface area contributed by atoms with Gasteiger partial charge in [-0.3, -0.25) is 0 Å². The Balaban J connectivity index is 1.91. The standard InChI is InChI=1S/C11H13N3O3/c1-7(10-12-2-3-13-10)14-5-9-4-8(6-17-9)11(15)16/h2-4,6-7,14H,5H2,1H3,(H,12,13)(H,15,16). The minimum absolute atomic E-state index is 0.0448. The predicted molar refractivity (Wildman–Crippen MR) is 59.5 cm³/mol. The van der Waals surface area contributed by atoms with Crippen LogP contribution in [0.3, 0.4) is 0 Å². The van der Waals surface area contributed by atoms with Gasteiger partial charge in [-0.1, -0.05) is 0 Å². The number of carboxylic acids is 1. The molecule has 6 nitrogen and oxygen atoms in total. The Morgan fingerprint density at radius 3 is 3.12 bits per heavy atom. The molecule has 17 heavy (non-hydrogen) atoms. The van der Waals surface area contributed by atoms with E-state index in [1.807, 2.05) is 6.92 Å². The number of carbonyl (C=O) groups is 1. The minimum Gasteiger partial charge on any atom is -0.478 e. The summed E-state index contributed by atoms with van der Waals surface area (Å²) in [4.78, 5) is 17.8. The molecule has 1 unspecified atom stereocenters. The van der Waals surface area contributed by atoms with Gasteiger partial charge in [0.15, 0.2) is 0 Å². The molecule has 2 heterocycles. The molecule has 2 aromatic heterocycles. The smallest absolute Gasteiger partial charge is 0.338 e. The van der Waals surface area contributed by atoms with Gasteiger partial charge in [0.1, 0.15) is 17.8 Å². The van der Waals surface area contributed by atoms with Gasteiger partial charge in [-0.25, -0.2) is 9.78 Å². The number of aromatic nitrogens is 2. The van der Waals surface area contributed by atoms with Gasteiger partial charge in [-0.2, -0.15) is 0 Å². The van der Waals surface area contributed by atoms with Crippen LogP contribution in [0.15, 0.2) is 29.1 Å². The molecule has 0 aliphatic carbocycles. The lowest BCUT2D eigenvalue weighted by Gasteiger charge is -2.09. The van der Waals surface area contributed by atoms with Crippen LogP contribution in [0, 0.1) is 0 Å². The van der Waals surface area contributed by atoms with Crippen LogP contribution >= 0.6 is 0 Å². The van der Waals surface area contributed by atoms with Crippen molar-refractivity contribution < 1.29 is 14.3 Å². The monoisotopic (exact) mass is 235 g/mol. The fourth-order valence-electron chi connectivity index (χ4n) is 1.45. The van der Waals surface area contributed by atoms with Crippen LogP contribution in [0.2, 0.25) is 0 Å². The van der Waals surface area contributed by atoms with Gasteiger partial charge in [0.2, 0.25) is 0 Å². The van der Waals surface area contributed by atoms with E-state index in [-0.39, 0.29) is 11.6 Å². The minimum atomic E-state index is -0.987. The van der Waals surface area contributed by atoms with Crippen LogP contribution in [0.4, 0.5) is 0 Å². The first-order valence-electron chi connectivity index (χ1n) is 5.20. The van der Waals surface area contributed by atoms with Crippen molar-refractivity contribution in [2.75, 3.05) is 0 Å². The summed E-state index contributed by atoms with van der Waals surface area (Å²) in [7, 11) is 0. The normalized spacial score (nSPS) is 12.5. The largest absolute Gasteiger partial charge is 0.478 e. The molecule has 90 valence electrons. The summed E-state index contributed by atoms with van der Waals surface area (Å²) in [5.41, 5.74) is 0.160. The number of hydrogen-bond donors (Lipinski definition) is 3. The molecule has 0 aliphatic rings. The Hall–Kier alpha value is -2.08. The lowest BCUT2D eigenvalue weighted by Crippen LogP contribution is -2.18. The van der Waals surface area contributed by atoms with Gasteiger partial charge < -0.3 is 19.8 Å². The van der Waals surface area contributed by atoms with E-state index >= 15 is 0 Å². The Labute approximate surface area is 97.7 Å². The summed E-state index contributed by atoms with van der Waals surface area (Å²) in [6, 6.07) is 1.55. The lowest BCUT2D eigenvalue weighted by atomic mass is 10.3. The number of aromatic carboxylic acids is 1. The SMILES string of the molecule is CC(NCc1cc(C(=O)O)co1)c1ncc[nH]1. The molecule has 0 spiro atoms. The fraction of sp³-hybridized carbons (Fsp3) is 0.273. The van der Waals surface area contributed by atoms with E-state index in [0.29, 0.717) is 12.3 Å². The Morgan fingerprint density at radius 2 is 2.53 bits per heavy atom. The maximum Gasteiger partial charge on any atom is 0.338 e. The van der Waals surface area contributed by atoms with Crippen molar-refractivity contribution in [3.63, 3.8) is 0 Å². The molecule has 0 fully saturated rings. The molecule has 0 amide bonds. The molecule has 1 atom stereocenters. The Bertz CT molecular complexity index is 490. The molecule has 0 saturated carbocycles. The van der Waals surface area contributed by atoms with Crippen molar-refractivity contribution in [1.82, 2.24) is 15.3 Å². The number of H-pyrrole nitrogens is 1. The number of imidazole rings is 1. The number of carboxylic acid groups (broad SMARTS) is 1. The molecule has 0 saturated heterocycles. The predicted octanol–water partition coefficient (Wildman–Crippen LogP) is 1.55. The molecule has 2 aromatic rings. The van der Waals surface area contributed by atoms with Gasteiger partial charge in [-0.15, -0.1) is 0 Å². The number of aromatic amines is 1. The second kappa shape index (κ2) is 4.84. The summed E-state index contributed by atoms with van der Waals surface area (Å²) < 4.78 is 5.12. The first kappa shape index (κ1) is 11.4. The van der Waals surface area contributed by atoms with Crippen LogP contribution in [0.1, 0.15) is 34.9 Å². The molecule has 0 aromatic carbocycles. The quantitative estimate of drug-likeness (QED) is 0.731. The van der Waals surface area contributed by atoms with Crippen molar-refractivity contribution >= 4 is 5.97 Å². The summed E-state index contributed by atoms with van der Waals surface area (Å²) in [5, 5.41) is 11.9. The number of nitrogens with zero attached hydrogens (tertiary/aromatic N) is 1. The Kier molecular flexibility index (Phi) is 3.24. The zero-order valence-corrected chi connectivity index (χ0v) is 9.30. The molecular formula is C11H13N3O3. The number of nitrogens with one attached hydrogen (secondary N) is 2. The van der Waals surface area contributed by atoms with Crippen molar-refractivity contribution in [3.05, 3.63) is 41.9 Å². The third kappa shape index (κ3) is 2.73. The highest BCUT2D eigenvalue weighted by Crippen LogP contribution is 2.10. The van der Waals surface area contributed by atoms with Gasteiger partial charge in [0, 0.05) is 12.4 Å². The van der Waals surface area contributed by atoms with Crippen LogP contribution < -0.4 is 5.32 Å². The molecule has 3 N–H and O–H groups in total. The third-order valence-electron chi connectivity index (χ3n) is 2.41. The highest BCUT2D eigenvalue weighted by Gasteiger charge is 2.10. The van der Waals surface area contributed by atoms with Gasteiger partial charge >= 0.3 is 5.97 Å². The van der Waals surface area contributed by atoms with Crippen molar-refractivity contribution in [1.29, 1.82) is 0 Å². The number of rotatable bonds is 5. The van der Waals surface area contributed by atoms with E-state index < -0.39 is 5.97 Å². The lowest BCUT2D eigenvalue weighted by molar-refractivity contribution is 0.0696. The van der Waals surface area contributed by atoms with E-state index in [1.54, 1.807) is 12.4 Å². The van der Waals surface area contributed by atoms with E-state index in [4.69, 9.17) is 9.52 Å². The third-order valence-corrected chi connectivity index (χ3v) is 2.41. The average molecular weight is 235 g/mol. The first-order chi connectivity index (χ1) is 8.16. The first-order valence-corrected chi connectivity index (χ1v) is 5.20. The van der Waals surface area contributed by atoms with Crippen LogP contribution in [-0.2, 0) is 6.54 Å². The highest BCUT2D eigenvalue weighted by atomic mass is 16.4. The van der Waals surface area contributed by atoms with Crippen LogP contribution in [0.25, 0.3) is 0 Å². The number of furan rings is 1. The van der Waals surface area contributed by atoms with E-state index in [9.17, 15) is 4.79 Å². The van der Waals surface area contributed by atoms with Gasteiger partial charge in [-0.05, 0) is 13.0 Å². The van der Waals surface area contributed by atoms with Crippen molar-refractivity contribution in [2.45, 2.75) is 19.5 Å². The summed E-state index contributed by atoms with van der Waals surface area (Å²) in [6.45, 7) is 2.41. The maximum atomic E-state index is 10.6. The molecular weight excluding hydrogens is 222 g/mol. The zero-order chi connectivity index (χ0) is 12.3. The molecule has 0 radical (unpaired) electrons. The van der Waals surface area contributed by atoms with E-state index in [0.717, 1.165) is 5.82 Å². The number of hydrogen-bond acceptors (Lipinski definition) is 4.